The van der Waals surface area contributed by atoms with E-state index in [1.165, 1.54) is 5.57 Å². The van der Waals surface area contributed by atoms with Gasteiger partial charge in [-0.2, -0.15) is 0 Å². The average molecular weight is 165 g/mol. The molecule has 0 bridgehead atoms. The van der Waals surface area contributed by atoms with Gasteiger partial charge in [0, 0.05) is 6.42 Å². The number of rotatable bonds is 6. The first kappa shape index (κ1) is 11.2. The van der Waals surface area contributed by atoms with Crippen LogP contribution in [0.1, 0.15) is 39.5 Å². The van der Waals surface area contributed by atoms with E-state index in [4.69, 9.17) is 0 Å². The maximum atomic E-state index is 9.88. The van der Waals surface area contributed by atoms with Gasteiger partial charge in [-0.25, -0.2) is 0 Å². The van der Waals surface area contributed by atoms with Crippen molar-refractivity contribution in [1.29, 1.82) is 0 Å². The Balaban J connectivity index is 3.48. The molecule has 1 radical (unpaired) electrons. The Morgan fingerprint density at radius 3 is 2.75 bits per heavy atom. The molecule has 0 saturated heterocycles. The summed E-state index contributed by atoms with van der Waals surface area (Å²) in [4.78, 5) is 9.88. The van der Waals surface area contributed by atoms with Crippen molar-refractivity contribution in [2.24, 2.45) is 0 Å². The van der Waals surface area contributed by atoms with Crippen LogP contribution in [0.15, 0.2) is 23.8 Å². The highest BCUT2D eigenvalue weighted by Gasteiger charge is 1.87. The number of allylic oxidation sites excluding steroid dienone is 4. The van der Waals surface area contributed by atoms with E-state index in [9.17, 15) is 4.79 Å². The number of unbranched alkanes of at least 4 members (excludes halogenated alkanes) is 1. The fraction of sp³-hybridized carbons (Fsp3) is 0.545. The zero-order chi connectivity index (χ0) is 9.23. The summed E-state index contributed by atoms with van der Waals surface area (Å²) in [5, 5.41) is 0. The standard InChI is InChI=1S/C11H17O/c1-3-4-5-8-11(2)9-6-7-10-12/h3-4,9H,5-8H2,1-2H3/b4-3+,11-9+. The zero-order valence-electron chi connectivity index (χ0n) is 7.97. The van der Waals surface area contributed by atoms with Crippen LogP contribution in [0.3, 0.4) is 0 Å². The molecule has 0 rings (SSSR count). The third kappa shape index (κ3) is 7.26. The van der Waals surface area contributed by atoms with E-state index in [1.54, 1.807) is 0 Å². The molecule has 0 unspecified atom stereocenters. The fourth-order valence-electron chi connectivity index (χ4n) is 0.957. The van der Waals surface area contributed by atoms with Crippen molar-refractivity contribution in [3.05, 3.63) is 23.8 Å². The van der Waals surface area contributed by atoms with Gasteiger partial charge < -0.3 is 0 Å². The first-order chi connectivity index (χ1) is 5.81. The summed E-state index contributed by atoms with van der Waals surface area (Å²) in [6, 6.07) is 0. The lowest BCUT2D eigenvalue weighted by molar-refractivity contribution is 0.551. The number of carbonyl (C=O) groups excluding carboxylic acids is 1. The van der Waals surface area contributed by atoms with Gasteiger partial charge in [-0.05, 0) is 33.1 Å². The van der Waals surface area contributed by atoms with Crippen LogP contribution in [0, 0.1) is 0 Å². The molecular weight excluding hydrogens is 148 g/mol. The lowest BCUT2D eigenvalue weighted by atomic mass is 10.1. The molecule has 0 fully saturated rings. The predicted molar refractivity (Wildman–Crippen MR) is 52.7 cm³/mol. The molecule has 0 amide bonds. The second kappa shape index (κ2) is 8.25. The molecule has 0 heterocycles. The summed E-state index contributed by atoms with van der Waals surface area (Å²) in [7, 11) is 0. The molecule has 0 spiro atoms. The lowest BCUT2D eigenvalue weighted by Gasteiger charge is -1.96. The quantitative estimate of drug-likeness (QED) is 0.436. The Morgan fingerprint density at radius 1 is 1.42 bits per heavy atom. The van der Waals surface area contributed by atoms with Crippen LogP contribution >= 0.6 is 0 Å². The van der Waals surface area contributed by atoms with Crippen molar-refractivity contribution >= 4 is 6.29 Å². The van der Waals surface area contributed by atoms with Gasteiger partial charge in [-0.3, -0.25) is 4.79 Å². The van der Waals surface area contributed by atoms with Crippen molar-refractivity contribution < 1.29 is 4.79 Å². The van der Waals surface area contributed by atoms with Crippen LogP contribution in [0.5, 0.6) is 0 Å². The predicted octanol–water partition coefficient (Wildman–Crippen LogP) is 3.18. The van der Waals surface area contributed by atoms with Crippen molar-refractivity contribution in [3.63, 3.8) is 0 Å². The van der Waals surface area contributed by atoms with Crippen LogP contribution in [0.4, 0.5) is 0 Å². The van der Waals surface area contributed by atoms with Gasteiger partial charge in [0.05, 0.1) is 0 Å². The van der Waals surface area contributed by atoms with Crippen LogP contribution in [0.25, 0.3) is 0 Å². The summed E-state index contributed by atoms with van der Waals surface area (Å²) in [5.74, 6) is 0. The first-order valence-corrected chi connectivity index (χ1v) is 4.43. The third-order valence-electron chi connectivity index (χ3n) is 1.68. The second-order valence-electron chi connectivity index (χ2n) is 2.84. The van der Waals surface area contributed by atoms with Gasteiger partial charge in [-0.1, -0.05) is 23.8 Å². The van der Waals surface area contributed by atoms with Crippen LogP contribution in [-0.4, -0.2) is 6.29 Å². The molecule has 1 nitrogen and oxygen atoms in total. The van der Waals surface area contributed by atoms with E-state index in [1.807, 2.05) is 13.2 Å². The smallest absolute Gasteiger partial charge is 0.198 e. The van der Waals surface area contributed by atoms with Crippen LogP contribution in [0.2, 0.25) is 0 Å². The van der Waals surface area contributed by atoms with E-state index < -0.39 is 0 Å². The van der Waals surface area contributed by atoms with Crippen molar-refractivity contribution in [3.8, 4) is 0 Å². The molecule has 1 heteroatoms. The number of hydrogen-bond donors (Lipinski definition) is 0. The number of hydrogen-bond acceptors (Lipinski definition) is 1. The Kier molecular flexibility index (Phi) is 7.66. The maximum absolute atomic E-state index is 9.88. The molecule has 67 valence electrons. The van der Waals surface area contributed by atoms with E-state index in [0.29, 0.717) is 6.42 Å². The molecule has 0 saturated carbocycles. The summed E-state index contributed by atoms with van der Waals surface area (Å²) < 4.78 is 0. The monoisotopic (exact) mass is 165 g/mol. The minimum atomic E-state index is 0.529. The van der Waals surface area contributed by atoms with E-state index in [2.05, 4.69) is 25.2 Å². The lowest BCUT2D eigenvalue weighted by Crippen LogP contribution is -1.78. The molecule has 0 aliphatic heterocycles. The molecule has 12 heavy (non-hydrogen) atoms. The van der Waals surface area contributed by atoms with Gasteiger partial charge in [0.2, 0.25) is 0 Å². The van der Waals surface area contributed by atoms with Gasteiger partial charge >= 0.3 is 0 Å². The Bertz CT molecular complexity index is 166. The van der Waals surface area contributed by atoms with Gasteiger partial charge in [0.25, 0.3) is 0 Å². The zero-order valence-corrected chi connectivity index (χ0v) is 7.97. The molecule has 0 aromatic rings. The highest BCUT2D eigenvalue weighted by Crippen LogP contribution is 2.06. The minimum absolute atomic E-state index is 0.529. The van der Waals surface area contributed by atoms with Gasteiger partial charge in [-0.15, -0.1) is 0 Å². The molecule has 0 aromatic heterocycles. The van der Waals surface area contributed by atoms with Crippen LogP contribution < -0.4 is 0 Å². The van der Waals surface area contributed by atoms with E-state index in [0.717, 1.165) is 19.3 Å². The minimum Gasteiger partial charge on any atom is -0.291 e. The third-order valence-corrected chi connectivity index (χ3v) is 1.68. The highest BCUT2D eigenvalue weighted by atomic mass is 16.1. The topological polar surface area (TPSA) is 17.1 Å². The summed E-state index contributed by atoms with van der Waals surface area (Å²) in [6.45, 7) is 4.13. The Morgan fingerprint density at radius 2 is 2.17 bits per heavy atom. The normalized spacial score (nSPS) is 12.3. The average Bonchev–Trinajstić information content (AvgIpc) is 2.06. The van der Waals surface area contributed by atoms with Crippen molar-refractivity contribution in [2.45, 2.75) is 39.5 Å². The Labute approximate surface area is 75.2 Å². The van der Waals surface area contributed by atoms with Gasteiger partial charge in [0.1, 0.15) is 0 Å². The van der Waals surface area contributed by atoms with E-state index in [-0.39, 0.29) is 0 Å². The SMILES string of the molecule is C/C=C/CC/C(C)=C/CC[C]=O. The summed E-state index contributed by atoms with van der Waals surface area (Å²) in [5.41, 5.74) is 1.36. The highest BCUT2D eigenvalue weighted by molar-refractivity contribution is 5.50. The van der Waals surface area contributed by atoms with Crippen molar-refractivity contribution in [2.75, 3.05) is 0 Å². The molecule has 0 N–H and O–H groups in total. The van der Waals surface area contributed by atoms with Crippen LogP contribution in [-0.2, 0) is 4.79 Å². The molecular formula is C11H17O. The molecule has 0 atom stereocenters. The maximum Gasteiger partial charge on any atom is 0.198 e. The van der Waals surface area contributed by atoms with Crippen molar-refractivity contribution in [1.82, 2.24) is 0 Å². The molecule has 0 aliphatic rings. The fourth-order valence-corrected chi connectivity index (χ4v) is 0.957. The second-order valence-corrected chi connectivity index (χ2v) is 2.84. The summed E-state index contributed by atoms with van der Waals surface area (Å²) in [6.07, 6.45) is 11.8. The molecule has 0 aliphatic carbocycles. The first-order valence-electron chi connectivity index (χ1n) is 4.43. The van der Waals surface area contributed by atoms with Gasteiger partial charge in [0.15, 0.2) is 6.29 Å². The largest absolute Gasteiger partial charge is 0.291 e. The summed E-state index contributed by atoms with van der Waals surface area (Å²) >= 11 is 0. The molecule has 0 aromatic carbocycles. The van der Waals surface area contributed by atoms with E-state index >= 15 is 0 Å². The Hall–Kier alpha value is -0.850.